The first-order chi connectivity index (χ1) is 13.2. The summed E-state index contributed by atoms with van der Waals surface area (Å²) >= 11 is 0. The molecule has 1 aromatic heterocycles. The average Bonchev–Trinajstić information content (AvgIpc) is 3.07. The molecule has 0 spiro atoms. The van der Waals surface area contributed by atoms with Gasteiger partial charge in [-0.2, -0.15) is 0 Å². The third-order valence-electron chi connectivity index (χ3n) is 4.74. The van der Waals surface area contributed by atoms with Gasteiger partial charge in [-0.05, 0) is 34.9 Å². The number of methoxy groups -OCH3 is 1. The number of nitrogens with zero attached hydrogens (tertiary/aromatic N) is 1. The summed E-state index contributed by atoms with van der Waals surface area (Å²) in [6.07, 6.45) is 1.82. The molecule has 4 heteroatoms. The van der Waals surface area contributed by atoms with Crippen molar-refractivity contribution in [3.05, 3.63) is 90.1 Å². The Morgan fingerprint density at radius 3 is 2.48 bits per heavy atom. The number of carbonyl (C=O) groups is 1. The minimum Gasteiger partial charge on any atom is -0.497 e. The van der Waals surface area contributed by atoms with Crippen LogP contribution in [0.5, 0.6) is 5.75 Å². The van der Waals surface area contributed by atoms with E-state index in [9.17, 15) is 4.79 Å². The molecule has 0 aliphatic rings. The Kier molecular flexibility index (Phi) is 4.38. The van der Waals surface area contributed by atoms with Crippen molar-refractivity contribution in [3.63, 3.8) is 0 Å². The molecule has 0 bridgehead atoms. The van der Waals surface area contributed by atoms with Crippen molar-refractivity contribution in [3.8, 4) is 16.9 Å². The van der Waals surface area contributed by atoms with Gasteiger partial charge < -0.3 is 15.0 Å². The highest BCUT2D eigenvalue weighted by Crippen LogP contribution is 2.27. The van der Waals surface area contributed by atoms with E-state index in [1.807, 2.05) is 47.2 Å². The van der Waals surface area contributed by atoms with E-state index in [4.69, 9.17) is 10.5 Å². The number of ether oxygens (including phenoxy) is 1. The van der Waals surface area contributed by atoms with Crippen LogP contribution >= 0.6 is 0 Å². The van der Waals surface area contributed by atoms with Crippen LogP contribution in [0.15, 0.2) is 79.0 Å². The summed E-state index contributed by atoms with van der Waals surface area (Å²) in [5.41, 5.74) is 10.5. The van der Waals surface area contributed by atoms with Crippen LogP contribution in [-0.2, 0) is 6.54 Å². The summed E-state index contributed by atoms with van der Waals surface area (Å²) in [7, 11) is 1.63. The zero-order valence-electron chi connectivity index (χ0n) is 15.1. The van der Waals surface area contributed by atoms with Crippen LogP contribution in [0.2, 0.25) is 0 Å². The summed E-state index contributed by atoms with van der Waals surface area (Å²) in [4.78, 5) is 11.9. The molecule has 134 valence electrons. The summed E-state index contributed by atoms with van der Waals surface area (Å²) in [6, 6.07) is 24.3. The van der Waals surface area contributed by atoms with E-state index in [1.54, 1.807) is 7.11 Å². The van der Waals surface area contributed by atoms with E-state index in [1.165, 1.54) is 5.56 Å². The van der Waals surface area contributed by atoms with Crippen molar-refractivity contribution in [2.24, 2.45) is 5.73 Å². The zero-order valence-corrected chi connectivity index (χ0v) is 15.1. The molecule has 0 saturated carbocycles. The van der Waals surface area contributed by atoms with Gasteiger partial charge in [0.25, 0.3) is 5.91 Å². The van der Waals surface area contributed by atoms with Crippen molar-refractivity contribution in [2.45, 2.75) is 6.54 Å². The molecule has 0 aliphatic carbocycles. The molecule has 2 N–H and O–H groups in total. The Hall–Kier alpha value is -3.53. The van der Waals surface area contributed by atoms with Crippen LogP contribution in [0.25, 0.3) is 22.0 Å². The Morgan fingerprint density at radius 2 is 1.74 bits per heavy atom. The molecular formula is C23H20N2O2. The molecule has 4 rings (SSSR count). The number of hydrogen-bond donors (Lipinski definition) is 1. The molecule has 27 heavy (non-hydrogen) atoms. The van der Waals surface area contributed by atoms with Crippen molar-refractivity contribution < 1.29 is 9.53 Å². The van der Waals surface area contributed by atoms with Crippen LogP contribution in [0, 0.1) is 0 Å². The lowest BCUT2D eigenvalue weighted by Crippen LogP contribution is -2.10. The van der Waals surface area contributed by atoms with Gasteiger partial charge in [-0.3, -0.25) is 4.79 Å². The quantitative estimate of drug-likeness (QED) is 0.574. The Bertz CT molecular complexity index is 1110. The van der Waals surface area contributed by atoms with Crippen LogP contribution in [0.3, 0.4) is 0 Å². The highest BCUT2D eigenvalue weighted by atomic mass is 16.5. The SMILES string of the molecule is COc1ccc2c(C(N)=O)cn(Cc3cccc(-c4ccccc4)c3)c2c1. The maximum Gasteiger partial charge on any atom is 0.250 e. The van der Waals surface area contributed by atoms with Crippen molar-refractivity contribution in [2.75, 3.05) is 7.11 Å². The molecule has 0 unspecified atom stereocenters. The highest BCUT2D eigenvalue weighted by Gasteiger charge is 2.14. The Morgan fingerprint density at radius 1 is 0.963 bits per heavy atom. The molecule has 0 aliphatic heterocycles. The highest BCUT2D eigenvalue weighted by molar-refractivity contribution is 6.06. The van der Waals surface area contributed by atoms with E-state index in [0.29, 0.717) is 12.1 Å². The van der Waals surface area contributed by atoms with Gasteiger partial charge >= 0.3 is 0 Å². The predicted molar refractivity (Wildman–Crippen MR) is 108 cm³/mol. The van der Waals surface area contributed by atoms with Crippen LogP contribution in [-0.4, -0.2) is 17.6 Å². The van der Waals surface area contributed by atoms with E-state index in [0.717, 1.165) is 27.8 Å². The van der Waals surface area contributed by atoms with Gasteiger partial charge in [0, 0.05) is 24.2 Å². The fourth-order valence-electron chi connectivity index (χ4n) is 3.40. The van der Waals surface area contributed by atoms with E-state index in [2.05, 4.69) is 36.4 Å². The normalized spacial score (nSPS) is 10.9. The summed E-state index contributed by atoms with van der Waals surface area (Å²) in [5.74, 6) is 0.317. The Labute approximate surface area is 157 Å². The molecule has 3 aromatic carbocycles. The minimum atomic E-state index is -0.429. The van der Waals surface area contributed by atoms with Crippen molar-refractivity contribution in [1.29, 1.82) is 0 Å². The van der Waals surface area contributed by atoms with Gasteiger partial charge in [0.1, 0.15) is 5.75 Å². The molecule has 1 heterocycles. The molecule has 1 amide bonds. The largest absolute Gasteiger partial charge is 0.497 e. The van der Waals surface area contributed by atoms with E-state index < -0.39 is 5.91 Å². The summed E-state index contributed by atoms with van der Waals surface area (Å²) < 4.78 is 7.39. The van der Waals surface area contributed by atoms with Gasteiger partial charge in [0.15, 0.2) is 0 Å². The maximum absolute atomic E-state index is 11.9. The molecule has 4 nitrogen and oxygen atoms in total. The fraction of sp³-hybridized carbons (Fsp3) is 0.0870. The number of rotatable bonds is 5. The number of benzene rings is 3. The minimum absolute atomic E-state index is 0.429. The zero-order chi connectivity index (χ0) is 18.8. The first-order valence-corrected chi connectivity index (χ1v) is 8.77. The van der Waals surface area contributed by atoms with Gasteiger partial charge in [-0.15, -0.1) is 0 Å². The van der Waals surface area contributed by atoms with Gasteiger partial charge in [-0.25, -0.2) is 0 Å². The lowest BCUT2D eigenvalue weighted by molar-refractivity contribution is 0.100. The van der Waals surface area contributed by atoms with E-state index >= 15 is 0 Å². The van der Waals surface area contributed by atoms with Crippen LogP contribution in [0.4, 0.5) is 0 Å². The van der Waals surface area contributed by atoms with E-state index in [-0.39, 0.29) is 0 Å². The molecule has 0 saturated heterocycles. The third kappa shape index (κ3) is 3.29. The molecule has 0 atom stereocenters. The number of nitrogens with two attached hydrogens (primary N) is 1. The first kappa shape index (κ1) is 16.9. The summed E-state index contributed by atoms with van der Waals surface area (Å²) in [6.45, 7) is 0.637. The smallest absolute Gasteiger partial charge is 0.250 e. The maximum atomic E-state index is 11.9. The standard InChI is InChI=1S/C23H20N2O2/c1-27-19-10-11-20-21(23(24)26)15-25(22(20)13-19)14-16-6-5-9-18(12-16)17-7-3-2-4-8-17/h2-13,15H,14H2,1H3,(H2,24,26). The predicted octanol–water partition coefficient (Wildman–Crippen LogP) is 4.46. The van der Waals surface area contributed by atoms with Crippen molar-refractivity contribution >= 4 is 16.8 Å². The lowest BCUT2D eigenvalue weighted by atomic mass is 10.0. The molecule has 0 radical (unpaired) electrons. The van der Waals surface area contributed by atoms with Gasteiger partial charge in [-0.1, -0.05) is 48.5 Å². The number of hydrogen-bond acceptors (Lipinski definition) is 2. The van der Waals surface area contributed by atoms with Gasteiger partial charge in [0.2, 0.25) is 0 Å². The molecular weight excluding hydrogens is 336 g/mol. The first-order valence-electron chi connectivity index (χ1n) is 8.77. The molecule has 0 fully saturated rings. The fourth-order valence-corrected chi connectivity index (χ4v) is 3.40. The topological polar surface area (TPSA) is 57.2 Å². The monoisotopic (exact) mass is 356 g/mol. The second-order valence-corrected chi connectivity index (χ2v) is 6.48. The number of primary amides is 1. The number of amides is 1. The Balaban J connectivity index is 1.76. The average molecular weight is 356 g/mol. The van der Waals surface area contributed by atoms with Gasteiger partial charge in [0.05, 0.1) is 18.2 Å². The number of carbonyl (C=O) groups excluding carboxylic acids is 1. The van der Waals surface area contributed by atoms with Crippen LogP contribution < -0.4 is 10.5 Å². The lowest BCUT2D eigenvalue weighted by Gasteiger charge is -2.09. The van der Waals surface area contributed by atoms with Crippen LogP contribution in [0.1, 0.15) is 15.9 Å². The second-order valence-electron chi connectivity index (χ2n) is 6.48. The summed E-state index contributed by atoms with van der Waals surface area (Å²) in [5, 5.41) is 0.836. The number of aromatic nitrogens is 1. The number of fused-ring (bicyclic) bond motifs is 1. The third-order valence-corrected chi connectivity index (χ3v) is 4.74. The molecule has 4 aromatic rings. The van der Waals surface area contributed by atoms with Crippen molar-refractivity contribution in [1.82, 2.24) is 4.57 Å². The second kappa shape index (κ2) is 7.00.